The Morgan fingerprint density at radius 3 is 2.50 bits per heavy atom. The van der Waals surface area contributed by atoms with Crippen LogP contribution >= 0.6 is 0 Å². The molecular formula is C21H21FN4O2. The minimum absolute atomic E-state index is 0.117. The van der Waals surface area contributed by atoms with Gasteiger partial charge in [0.1, 0.15) is 17.2 Å². The molecular weight excluding hydrogens is 359 g/mol. The first kappa shape index (κ1) is 18.2. The zero-order chi connectivity index (χ0) is 19.8. The second kappa shape index (κ2) is 7.07. The fraction of sp³-hybridized carbons (Fsp3) is 0.286. The number of hydrogen-bond acceptors (Lipinski definition) is 4. The van der Waals surface area contributed by atoms with E-state index in [0.717, 1.165) is 11.2 Å². The summed E-state index contributed by atoms with van der Waals surface area (Å²) in [5.41, 5.74) is 3.06. The Kier molecular flexibility index (Phi) is 4.58. The van der Waals surface area contributed by atoms with Gasteiger partial charge in [-0.15, -0.1) is 0 Å². The molecule has 0 saturated carbocycles. The summed E-state index contributed by atoms with van der Waals surface area (Å²) in [5, 5.41) is 0. The topological polar surface area (TPSA) is 57.9 Å². The van der Waals surface area contributed by atoms with E-state index in [1.165, 1.54) is 13.0 Å². The fourth-order valence-electron chi connectivity index (χ4n) is 3.48. The summed E-state index contributed by atoms with van der Waals surface area (Å²) in [6.07, 6.45) is 3.63. The Hall–Kier alpha value is -3.22. The molecule has 6 nitrogen and oxygen atoms in total. The summed E-state index contributed by atoms with van der Waals surface area (Å²) >= 11 is 0. The SMILES string of the molecule is CC(=O)c1ccc(N2CCN(C(=O)c3cn4ccc(C)cc4n3)CC2)c(F)c1. The molecule has 1 fully saturated rings. The Bertz CT molecular complexity index is 1070. The van der Waals surface area contributed by atoms with E-state index >= 15 is 0 Å². The van der Waals surface area contributed by atoms with Crippen molar-refractivity contribution in [2.75, 3.05) is 31.1 Å². The van der Waals surface area contributed by atoms with E-state index in [0.29, 0.717) is 43.1 Å². The van der Waals surface area contributed by atoms with Gasteiger partial charge in [-0.3, -0.25) is 9.59 Å². The van der Waals surface area contributed by atoms with Crippen molar-refractivity contribution in [3.8, 4) is 0 Å². The van der Waals surface area contributed by atoms with E-state index in [1.54, 1.807) is 23.2 Å². The number of amides is 1. The highest BCUT2D eigenvalue weighted by Crippen LogP contribution is 2.23. The molecule has 144 valence electrons. The maximum absolute atomic E-state index is 14.4. The molecule has 3 aromatic rings. The first-order chi connectivity index (χ1) is 13.4. The van der Waals surface area contributed by atoms with E-state index in [2.05, 4.69) is 4.98 Å². The van der Waals surface area contributed by atoms with Crippen molar-refractivity contribution < 1.29 is 14.0 Å². The highest BCUT2D eigenvalue weighted by Gasteiger charge is 2.25. The van der Waals surface area contributed by atoms with Gasteiger partial charge in [0.05, 0.1) is 5.69 Å². The van der Waals surface area contributed by atoms with Crippen LogP contribution in [0.5, 0.6) is 0 Å². The standard InChI is InChI=1S/C21H21FN4O2/c1-14-5-6-26-13-18(23-20(26)11-14)21(28)25-9-7-24(8-10-25)19-4-3-16(15(2)27)12-17(19)22/h3-6,11-13H,7-10H2,1-2H3. The Labute approximate surface area is 162 Å². The molecule has 4 rings (SSSR count). The lowest BCUT2D eigenvalue weighted by molar-refractivity contribution is 0.0741. The fourth-order valence-corrected chi connectivity index (χ4v) is 3.48. The molecule has 0 spiro atoms. The Morgan fingerprint density at radius 2 is 1.82 bits per heavy atom. The monoisotopic (exact) mass is 380 g/mol. The number of ketones is 1. The van der Waals surface area contributed by atoms with Crippen LogP contribution in [0.1, 0.15) is 33.3 Å². The molecule has 0 radical (unpaired) electrons. The van der Waals surface area contributed by atoms with Gasteiger partial charge in [-0.05, 0) is 49.7 Å². The summed E-state index contributed by atoms with van der Waals surface area (Å²) in [7, 11) is 0. The van der Waals surface area contributed by atoms with Gasteiger partial charge in [-0.1, -0.05) is 0 Å². The van der Waals surface area contributed by atoms with Crippen LogP contribution in [-0.2, 0) is 0 Å². The Morgan fingerprint density at radius 1 is 1.07 bits per heavy atom. The van der Waals surface area contributed by atoms with Crippen LogP contribution in [-0.4, -0.2) is 52.2 Å². The Balaban J connectivity index is 1.46. The largest absolute Gasteiger partial charge is 0.366 e. The maximum Gasteiger partial charge on any atom is 0.274 e. The molecule has 0 aliphatic carbocycles. The number of imidazole rings is 1. The number of aryl methyl sites for hydroxylation is 1. The zero-order valence-corrected chi connectivity index (χ0v) is 15.9. The minimum Gasteiger partial charge on any atom is -0.366 e. The van der Waals surface area contributed by atoms with Crippen LogP contribution in [0.25, 0.3) is 5.65 Å². The number of carbonyl (C=O) groups excluding carboxylic acids is 2. The van der Waals surface area contributed by atoms with Crippen LogP contribution in [0.15, 0.2) is 42.7 Å². The van der Waals surface area contributed by atoms with E-state index in [9.17, 15) is 14.0 Å². The second-order valence-electron chi connectivity index (χ2n) is 7.10. The van der Waals surface area contributed by atoms with E-state index in [-0.39, 0.29) is 11.7 Å². The van der Waals surface area contributed by atoms with Gasteiger partial charge < -0.3 is 14.2 Å². The molecule has 1 aliphatic rings. The lowest BCUT2D eigenvalue weighted by Gasteiger charge is -2.36. The molecule has 1 aliphatic heterocycles. The van der Waals surface area contributed by atoms with Gasteiger partial charge in [0.25, 0.3) is 5.91 Å². The number of aromatic nitrogens is 2. The van der Waals surface area contributed by atoms with Gasteiger partial charge in [0.2, 0.25) is 0 Å². The summed E-state index contributed by atoms with van der Waals surface area (Å²) in [4.78, 5) is 32.3. The van der Waals surface area contributed by atoms with Crippen LogP contribution < -0.4 is 4.90 Å². The van der Waals surface area contributed by atoms with Gasteiger partial charge in [0, 0.05) is 44.1 Å². The lowest BCUT2D eigenvalue weighted by Crippen LogP contribution is -2.49. The number of benzene rings is 1. The second-order valence-corrected chi connectivity index (χ2v) is 7.10. The molecule has 0 bridgehead atoms. The predicted molar refractivity (Wildman–Crippen MR) is 104 cm³/mol. The van der Waals surface area contributed by atoms with Crippen LogP contribution in [0.3, 0.4) is 0 Å². The van der Waals surface area contributed by atoms with Gasteiger partial charge in [0.15, 0.2) is 5.78 Å². The summed E-state index contributed by atoms with van der Waals surface area (Å²) < 4.78 is 16.2. The predicted octanol–water partition coefficient (Wildman–Crippen LogP) is 2.95. The smallest absolute Gasteiger partial charge is 0.274 e. The van der Waals surface area contributed by atoms with Gasteiger partial charge in [-0.25, -0.2) is 9.37 Å². The first-order valence-corrected chi connectivity index (χ1v) is 9.22. The van der Waals surface area contributed by atoms with Crippen LogP contribution in [0.2, 0.25) is 0 Å². The average Bonchev–Trinajstić information content (AvgIpc) is 3.10. The molecule has 1 aromatic carbocycles. The van der Waals surface area contributed by atoms with Crippen molar-refractivity contribution in [3.05, 3.63) is 65.4 Å². The van der Waals surface area contributed by atoms with E-state index in [4.69, 9.17) is 0 Å². The highest BCUT2D eigenvalue weighted by atomic mass is 19.1. The number of nitrogens with zero attached hydrogens (tertiary/aromatic N) is 4. The van der Waals surface area contributed by atoms with Crippen molar-refractivity contribution >= 4 is 23.0 Å². The number of piperazine rings is 1. The van der Waals surface area contributed by atoms with Crippen LogP contribution in [0, 0.1) is 12.7 Å². The van der Waals surface area contributed by atoms with Gasteiger partial charge in [-0.2, -0.15) is 0 Å². The third kappa shape index (κ3) is 3.35. The van der Waals surface area contributed by atoms with Crippen molar-refractivity contribution in [1.82, 2.24) is 14.3 Å². The highest BCUT2D eigenvalue weighted by molar-refractivity contribution is 5.94. The molecule has 0 N–H and O–H groups in total. The van der Waals surface area contributed by atoms with Crippen molar-refractivity contribution in [1.29, 1.82) is 0 Å². The molecule has 2 aromatic heterocycles. The third-order valence-electron chi connectivity index (χ3n) is 5.10. The first-order valence-electron chi connectivity index (χ1n) is 9.22. The number of anilines is 1. The quantitative estimate of drug-likeness (QED) is 0.656. The number of carbonyl (C=O) groups is 2. The molecule has 3 heterocycles. The van der Waals surface area contributed by atoms with Crippen molar-refractivity contribution in [3.63, 3.8) is 0 Å². The van der Waals surface area contributed by atoms with Gasteiger partial charge >= 0.3 is 0 Å². The summed E-state index contributed by atoms with van der Waals surface area (Å²) in [6, 6.07) is 8.44. The van der Waals surface area contributed by atoms with E-state index < -0.39 is 5.82 Å². The molecule has 1 saturated heterocycles. The average molecular weight is 380 g/mol. The van der Waals surface area contributed by atoms with E-state index in [1.807, 2.05) is 34.6 Å². The number of rotatable bonds is 3. The molecule has 0 atom stereocenters. The molecule has 7 heteroatoms. The number of hydrogen-bond donors (Lipinski definition) is 0. The zero-order valence-electron chi connectivity index (χ0n) is 15.9. The van der Waals surface area contributed by atoms with Crippen LogP contribution in [0.4, 0.5) is 10.1 Å². The number of pyridine rings is 1. The lowest BCUT2D eigenvalue weighted by atomic mass is 10.1. The summed E-state index contributed by atoms with van der Waals surface area (Å²) in [6.45, 7) is 5.42. The maximum atomic E-state index is 14.4. The normalized spacial score (nSPS) is 14.5. The third-order valence-corrected chi connectivity index (χ3v) is 5.10. The molecule has 28 heavy (non-hydrogen) atoms. The molecule has 1 amide bonds. The number of fused-ring (bicyclic) bond motifs is 1. The number of Topliss-reactive ketones (excluding diaryl/α,β-unsaturated/α-hetero) is 1. The molecule has 0 unspecified atom stereocenters. The minimum atomic E-state index is -0.414. The van der Waals surface area contributed by atoms with Crippen molar-refractivity contribution in [2.24, 2.45) is 0 Å². The van der Waals surface area contributed by atoms with Crippen molar-refractivity contribution in [2.45, 2.75) is 13.8 Å². The number of halogens is 1. The summed E-state index contributed by atoms with van der Waals surface area (Å²) in [5.74, 6) is -0.694.